The molecule has 1 rings (SSSR count). The van der Waals surface area contributed by atoms with Gasteiger partial charge < -0.3 is 11.1 Å². The van der Waals surface area contributed by atoms with Gasteiger partial charge in [0.2, 0.25) is 5.91 Å². The number of benzene rings is 1. The van der Waals surface area contributed by atoms with E-state index in [0.29, 0.717) is 12.0 Å². The van der Waals surface area contributed by atoms with E-state index in [4.69, 9.17) is 5.73 Å². The van der Waals surface area contributed by atoms with Crippen LogP contribution >= 0.6 is 31.9 Å². The third-order valence-electron chi connectivity index (χ3n) is 3.12. The van der Waals surface area contributed by atoms with Gasteiger partial charge in [-0.2, -0.15) is 0 Å². The highest BCUT2D eigenvalue weighted by molar-refractivity contribution is 9.11. The van der Waals surface area contributed by atoms with E-state index in [1.807, 2.05) is 6.07 Å². The van der Waals surface area contributed by atoms with E-state index in [0.717, 1.165) is 34.6 Å². The van der Waals surface area contributed by atoms with Crippen LogP contribution in [0.3, 0.4) is 0 Å². The summed E-state index contributed by atoms with van der Waals surface area (Å²) >= 11 is 6.67. The van der Waals surface area contributed by atoms with Gasteiger partial charge in [-0.05, 0) is 24.6 Å². The first-order valence-electron chi connectivity index (χ1n) is 7.00. The van der Waals surface area contributed by atoms with Gasteiger partial charge in [-0.25, -0.2) is 0 Å². The van der Waals surface area contributed by atoms with Crippen LogP contribution in [0.2, 0.25) is 0 Å². The first-order valence-corrected chi connectivity index (χ1v) is 8.59. The number of primary amides is 1. The predicted octanol–water partition coefficient (Wildman–Crippen LogP) is 3.77. The molecule has 0 saturated heterocycles. The molecule has 1 atom stereocenters. The van der Waals surface area contributed by atoms with Crippen molar-refractivity contribution in [3.05, 3.63) is 32.7 Å². The Morgan fingerprint density at radius 2 is 1.76 bits per heavy atom. The van der Waals surface area contributed by atoms with Crippen LogP contribution in [-0.2, 0) is 4.79 Å². The average molecular weight is 420 g/mol. The lowest BCUT2D eigenvalue weighted by Crippen LogP contribution is -2.44. The molecule has 0 aromatic heterocycles. The van der Waals surface area contributed by atoms with Crippen LogP contribution in [0.5, 0.6) is 0 Å². The summed E-state index contributed by atoms with van der Waals surface area (Å²) in [6.07, 6.45) is 4.75. The van der Waals surface area contributed by atoms with E-state index >= 15 is 0 Å². The number of carbonyl (C=O) groups is 2. The van der Waals surface area contributed by atoms with Crippen LogP contribution in [-0.4, -0.2) is 17.9 Å². The molecule has 0 aliphatic rings. The topological polar surface area (TPSA) is 72.2 Å². The molecule has 6 heteroatoms. The van der Waals surface area contributed by atoms with E-state index in [2.05, 4.69) is 44.1 Å². The van der Waals surface area contributed by atoms with Crippen molar-refractivity contribution >= 4 is 43.7 Å². The van der Waals surface area contributed by atoms with Crippen molar-refractivity contribution in [1.29, 1.82) is 0 Å². The Kier molecular flexibility index (Phi) is 7.96. The summed E-state index contributed by atoms with van der Waals surface area (Å²) in [5, 5.41) is 2.71. The minimum absolute atomic E-state index is 0.295. The first-order chi connectivity index (χ1) is 9.93. The molecule has 3 N–H and O–H groups in total. The molecule has 0 fully saturated rings. The Bertz CT molecular complexity index is 486. The van der Waals surface area contributed by atoms with Gasteiger partial charge in [0.05, 0.1) is 0 Å². The van der Waals surface area contributed by atoms with Gasteiger partial charge >= 0.3 is 0 Å². The lowest BCUT2D eigenvalue weighted by molar-refractivity contribution is -0.120. The number of hydrogen-bond donors (Lipinski definition) is 2. The van der Waals surface area contributed by atoms with Crippen molar-refractivity contribution in [1.82, 2.24) is 5.32 Å². The van der Waals surface area contributed by atoms with Crippen LogP contribution in [0.25, 0.3) is 0 Å². The Balaban J connectivity index is 2.65. The standard InChI is InChI=1S/C15H20Br2N2O2/c1-2-3-4-5-6-13(14(18)20)19-15(21)10-7-11(16)9-12(17)8-10/h7-9,13H,2-6H2,1H3,(H2,18,20)(H,19,21)/t13-/m1/s1. The number of halogens is 2. The summed E-state index contributed by atoms with van der Waals surface area (Å²) < 4.78 is 1.58. The smallest absolute Gasteiger partial charge is 0.252 e. The molecule has 0 bridgehead atoms. The summed E-state index contributed by atoms with van der Waals surface area (Å²) in [7, 11) is 0. The summed E-state index contributed by atoms with van der Waals surface area (Å²) in [6, 6.07) is 4.63. The number of nitrogens with two attached hydrogens (primary N) is 1. The molecule has 21 heavy (non-hydrogen) atoms. The van der Waals surface area contributed by atoms with E-state index in [-0.39, 0.29) is 5.91 Å². The van der Waals surface area contributed by atoms with Crippen LogP contribution in [0.15, 0.2) is 27.1 Å². The van der Waals surface area contributed by atoms with Crippen molar-refractivity contribution in [2.45, 2.75) is 45.1 Å². The van der Waals surface area contributed by atoms with Crippen LogP contribution in [0.1, 0.15) is 49.4 Å². The Morgan fingerprint density at radius 3 is 2.29 bits per heavy atom. The second-order valence-electron chi connectivity index (χ2n) is 4.94. The number of rotatable bonds is 8. The van der Waals surface area contributed by atoms with Gasteiger partial charge in [0, 0.05) is 14.5 Å². The molecule has 0 heterocycles. The maximum absolute atomic E-state index is 12.2. The second-order valence-corrected chi connectivity index (χ2v) is 6.77. The van der Waals surface area contributed by atoms with Crippen molar-refractivity contribution in [2.24, 2.45) is 5.73 Å². The summed E-state index contributed by atoms with van der Waals surface area (Å²) in [4.78, 5) is 23.6. The molecule has 1 aromatic carbocycles. The monoisotopic (exact) mass is 418 g/mol. The quantitative estimate of drug-likeness (QED) is 0.629. The van der Waals surface area contributed by atoms with Gasteiger partial charge in [0.15, 0.2) is 0 Å². The molecule has 0 aliphatic heterocycles. The molecule has 0 spiro atoms. The molecule has 116 valence electrons. The first kappa shape index (κ1) is 18.2. The highest BCUT2D eigenvalue weighted by atomic mass is 79.9. The Morgan fingerprint density at radius 1 is 1.14 bits per heavy atom. The second kappa shape index (κ2) is 9.20. The minimum Gasteiger partial charge on any atom is -0.368 e. The molecular weight excluding hydrogens is 400 g/mol. The van der Waals surface area contributed by atoms with Crippen molar-refractivity contribution in [2.75, 3.05) is 0 Å². The van der Waals surface area contributed by atoms with E-state index in [9.17, 15) is 9.59 Å². The van der Waals surface area contributed by atoms with E-state index in [1.165, 1.54) is 0 Å². The lowest BCUT2D eigenvalue weighted by atomic mass is 10.1. The lowest BCUT2D eigenvalue weighted by Gasteiger charge is -2.15. The van der Waals surface area contributed by atoms with Gasteiger partial charge in [-0.3, -0.25) is 9.59 Å². The van der Waals surface area contributed by atoms with Gasteiger partial charge in [0.25, 0.3) is 5.91 Å². The molecular formula is C15H20Br2N2O2. The fraction of sp³-hybridized carbons (Fsp3) is 0.467. The molecule has 1 aromatic rings. The van der Waals surface area contributed by atoms with E-state index < -0.39 is 11.9 Å². The number of carbonyl (C=O) groups excluding carboxylic acids is 2. The van der Waals surface area contributed by atoms with Crippen molar-refractivity contribution < 1.29 is 9.59 Å². The van der Waals surface area contributed by atoms with Crippen LogP contribution < -0.4 is 11.1 Å². The fourth-order valence-electron chi connectivity index (χ4n) is 1.99. The zero-order valence-corrected chi connectivity index (χ0v) is 15.2. The third kappa shape index (κ3) is 6.61. The minimum atomic E-state index is -0.618. The summed E-state index contributed by atoms with van der Waals surface area (Å²) in [5.41, 5.74) is 5.85. The average Bonchev–Trinajstić information content (AvgIpc) is 2.40. The SMILES string of the molecule is CCCCCC[C@@H](NC(=O)c1cc(Br)cc(Br)c1)C(N)=O. The summed E-state index contributed by atoms with van der Waals surface area (Å²) in [5.74, 6) is -0.787. The normalized spacial score (nSPS) is 12.0. The van der Waals surface area contributed by atoms with Crippen LogP contribution in [0, 0.1) is 0 Å². The summed E-state index contributed by atoms with van der Waals surface area (Å²) in [6.45, 7) is 2.12. The van der Waals surface area contributed by atoms with Crippen LogP contribution in [0.4, 0.5) is 0 Å². The molecule has 4 nitrogen and oxygen atoms in total. The number of unbranched alkanes of at least 4 members (excludes halogenated alkanes) is 3. The van der Waals surface area contributed by atoms with Crippen molar-refractivity contribution in [3.63, 3.8) is 0 Å². The molecule has 0 saturated carbocycles. The maximum Gasteiger partial charge on any atom is 0.252 e. The zero-order valence-electron chi connectivity index (χ0n) is 12.0. The molecule has 2 amide bonds. The predicted molar refractivity (Wildman–Crippen MR) is 91.0 cm³/mol. The number of nitrogens with one attached hydrogen (secondary N) is 1. The zero-order chi connectivity index (χ0) is 15.8. The highest BCUT2D eigenvalue weighted by Crippen LogP contribution is 2.20. The van der Waals surface area contributed by atoms with Crippen molar-refractivity contribution in [3.8, 4) is 0 Å². The van der Waals surface area contributed by atoms with E-state index in [1.54, 1.807) is 12.1 Å². The molecule has 0 aliphatic carbocycles. The van der Waals surface area contributed by atoms with Gasteiger partial charge in [-0.15, -0.1) is 0 Å². The number of hydrogen-bond acceptors (Lipinski definition) is 2. The molecule has 0 unspecified atom stereocenters. The number of amides is 2. The Hall–Kier alpha value is -0.880. The van der Waals surface area contributed by atoms with Gasteiger partial charge in [-0.1, -0.05) is 64.5 Å². The fourth-order valence-corrected chi connectivity index (χ4v) is 3.28. The largest absolute Gasteiger partial charge is 0.368 e. The third-order valence-corrected chi connectivity index (χ3v) is 4.04. The Labute approximate surface area is 142 Å². The highest BCUT2D eigenvalue weighted by Gasteiger charge is 2.18. The molecule has 0 radical (unpaired) electrons. The van der Waals surface area contributed by atoms with Gasteiger partial charge in [0.1, 0.15) is 6.04 Å². The maximum atomic E-state index is 12.2.